The van der Waals surface area contributed by atoms with E-state index in [1.165, 1.54) is 59.8 Å². The molecule has 2 aliphatic heterocycles. The van der Waals surface area contributed by atoms with E-state index in [1.807, 2.05) is 0 Å². The summed E-state index contributed by atoms with van der Waals surface area (Å²) in [6.45, 7) is 0.934. The molecule has 0 spiro atoms. The maximum absolute atomic E-state index is 6.24. The minimum absolute atomic E-state index is 0.330. The Bertz CT molecular complexity index is 512. The van der Waals surface area contributed by atoms with E-state index in [1.54, 1.807) is 0 Å². The van der Waals surface area contributed by atoms with Crippen LogP contribution in [0.5, 0.6) is 0 Å². The highest BCUT2D eigenvalue weighted by atomic mass is 127. The number of nitrogens with one attached hydrogen (secondary N) is 1. The highest BCUT2D eigenvalue weighted by Crippen LogP contribution is 2.47. The predicted molar refractivity (Wildman–Crippen MR) is 94.6 cm³/mol. The fraction of sp³-hybridized carbons (Fsp3) is 0.667. The third-order valence-corrected chi connectivity index (χ3v) is 6.30. The maximum Gasteiger partial charge on any atom is 0.0892 e. The molecule has 3 heteroatoms. The standard InChI is InChI=1S/C18H24INO/c19-13-8-9-16-15(11-13)18-14(7-4-10-21-18)17(20-16)12-5-2-1-3-6-12/h8-9,11-12,14,17-18,20H,1-7,10H2/t14-,17+,18-/m0/s1. The van der Waals surface area contributed by atoms with Crippen LogP contribution in [0, 0.1) is 15.4 Å². The monoisotopic (exact) mass is 397 g/mol. The first-order valence-corrected chi connectivity index (χ1v) is 9.58. The molecule has 0 radical (unpaired) electrons. The molecule has 1 saturated carbocycles. The molecule has 1 saturated heterocycles. The van der Waals surface area contributed by atoms with Crippen molar-refractivity contribution in [2.45, 2.75) is 57.1 Å². The molecule has 0 bridgehead atoms. The van der Waals surface area contributed by atoms with Crippen LogP contribution in [-0.4, -0.2) is 12.6 Å². The fourth-order valence-corrected chi connectivity index (χ4v) is 5.16. The van der Waals surface area contributed by atoms with Gasteiger partial charge in [-0.25, -0.2) is 0 Å². The molecular weight excluding hydrogens is 373 g/mol. The summed E-state index contributed by atoms with van der Waals surface area (Å²) in [6, 6.07) is 7.43. The molecule has 1 aliphatic carbocycles. The Morgan fingerprint density at radius 2 is 1.90 bits per heavy atom. The smallest absolute Gasteiger partial charge is 0.0892 e. The van der Waals surface area contributed by atoms with Gasteiger partial charge in [0.25, 0.3) is 0 Å². The second-order valence-corrected chi connectivity index (χ2v) is 8.14. The van der Waals surface area contributed by atoms with Crippen molar-refractivity contribution in [3.05, 3.63) is 27.3 Å². The minimum Gasteiger partial charge on any atom is -0.381 e. The number of ether oxygens (including phenoxy) is 1. The van der Waals surface area contributed by atoms with E-state index in [-0.39, 0.29) is 0 Å². The van der Waals surface area contributed by atoms with E-state index in [0.29, 0.717) is 18.1 Å². The lowest BCUT2D eigenvalue weighted by Gasteiger charge is -2.47. The van der Waals surface area contributed by atoms with Gasteiger partial charge in [-0.2, -0.15) is 0 Å². The van der Waals surface area contributed by atoms with Gasteiger partial charge in [0.15, 0.2) is 0 Å². The SMILES string of the molecule is Ic1ccc2c(c1)[C@H]1OCCC[C@H]1[C@@H](C1CCCCC1)N2. The number of anilines is 1. The maximum atomic E-state index is 6.24. The van der Waals surface area contributed by atoms with Gasteiger partial charge in [0, 0.05) is 33.4 Å². The summed E-state index contributed by atoms with van der Waals surface area (Å²) < 4.78 is 7.56. The number of fused-ring (bicyclic) bond motifs is 3. The molecule has 1 N–H and O–H groups in total. The Balaban J connectivity index is 1.68. The number of hydrogen-bond acceptors (Lipinski definition) is 2. The van der Waals surface area contributed by atoms with Crippen LogP contribution in [0.4, 0.5) is 5.69 Å². The molecule has 2 fully saturated rings. The molecule has 0 aromatic heterocycles. The first kappa shape index (κ1) is 14.3. The Kier molecular flexibility index (Phi) is 4.14. The van der Waals surface area contributed by atoms with Crippen LogP contribution in [0.25, 0.3) is 0 Å². The van der Waals surface area contributed by atoms with E-state index < -0.39 is 0 Å². The second kappa shape index (κ2) is 6.07. The van der Waals surface area contributed by atoms with Crippen LogP contribution in [0.3, 0.4) is 0 Å². The number of benzene rings is 1. The van der Waals surface area contributed by atoms with Gasteiger partial charge in [0.2, 0.25) is 0 Å². The lowest BCUT2D eigenvalue weighted by Crippen LogP contribution is -2.46. The van der Waals surface area contributed by atoms with Gasteiger partial charge in [0.1, 0.15) is 0 Å². The summed E-state index contributed by atoms with van der Waals surface area (Å²) in [7, 11) is 0. The van der Waals surface area contributed by atoms with Gasteiger partial charge < -0.3 is 10.1 Å². The number of rotatable bonds is 1. The van der Waals surface area contributed by atoms with Crippen LogP contribution in [-0.2, 0) is 4.74 Å². The number of halogens is 1. The summed E-state index contributed by atoms with van der Waals surface area (Å²) in [5, 5.41) is 3.91. The van der Waals surface area contributed by atoms with Gasteiger partial charge in [-0.05, 0) is 72.4 Å². The van der Waals surface area contributed by atoms with Crippen LogP contribution in [0.1, 0.15) is 56.6 Å². The zero-order valence-electron chi connectivity index (χ0n) is 12.5. The van der Waals surface area contributed by atoms with E-state index in [9.17, 15) is 0 Å². The van der Waals surface area contributed by atoms with E-state index in [0.717, 1.165) is 12.5 Å². The quantitative estimate of drug-likeness (QED) is 0.664. The van der Waals surface area contributed by atoms with Crippen molar-refractivity contribution in [3.63, 3.8) is 0 Å². The minimum atomic E-state index is 0.330. The Hall–Kier alpha value is -0.290. The summed E-state index contributed by atoms with van der Waals surface area (Å²) >= 11 is 2.41. The highest BCUT2D eigenvalue weighted by molar-refractivity contribution is 14.1. The van der Waals surface area contributed by atoms with Gasteiger partial charge in [-0.1, -0.05) is 19.3 Å². The van der Waals surface area contributed by atoms with E-state index in [2.05, 4.69) is 46.1 Å². The second-order valence-electron chi connectivity index (χ2n) is 6.90. The average Bonchev–Trinajstić information content (AvgIpc) is 2.55. The van der Waals surface area contributed by atoms with Crippen molar-refractivity contribution < 1.29 is 4.74 Å². The Labute approximate surface area is 141 Å². The molecule has 2 heterocycles. The third kappa shape index (κ3) is 2.72. The van der Waals surface area contributed by atoms with Gasteiger partial charge in [-0.3, -0.25) is 0 Å². The molecule has 2 nitrogen and oxygen atoms in total. The molecule has 1 aromatic rings. The van der Waals surface area contributed by atoms with Crippen molar-refractivity contribution in [3.8, 4) is 0 Å². The number of hydrogen-bond donors (Lipinski definition) is 1. The first-order chi connectivity index (χ1) is 10.3. The zero-order chi connectivity index (χ0) is 14.2. The summed E-state index contributed by atoms with van der Waals surface area (Å²) in [5.74, 6) is 1.52. The third-order valence-electron chi connectivity index (χ3n) is 5.63. The van der Waals surface area contributed by atoms with E-state index in [4.69, 9.17) is 4.74 Å². The van der Waals surface area contributed by atoms with Crippen molar-refractivity contribution in [2.75, 3.05) is 11.9 Å². The largest absolute Gasteiger partial charge is 0.381 e. The summed E-state index contributed by atoms with van der Waals surface area (Å²) in [5.41, 5.74) is 2.73. The topological polar surface area (TPSA) is 21.3 Å². The molecule has 0 amide bonds. The van der Waals surface area contributed by atoms with Crippen molar-refractivity contribution >= 4 is 28.3 Å². The molecule has 3 aliphatic rings. The van der Waals surface area contributed by atoms with Crippen LogP contribution >= 0.6 is 22.6 Å². The molecule has 114 valence electrons. The summed E-state index contributed by atoms with van der Waals surface area (Å²) in [6.07, 6.45) is 9.96. The van der Waals surface area contributed by atoms with Gasteiger partial charge in [-0.15, -0.1) is 0 Å². The molecule has 4 rings (SSSR count). The van der Waals surface area contributed by atoms with Crippen molar-refractivity contribution in [1.82, 2.24) is 0 Å². The van der Waals surface area contributed by atoms with Crippen molar-refractivity contribution in [1.29, 1.82) is 0 Å². The summed E-state index contributed by atoms with van der Waals surface area (Å²) in [4.78, 5) is 0. The lowest BCUT2D eigenvalue weighted by molar-refractivity contribution is -0.0458. The Morgan fingerprint density at radius 3 is 2.76 bits per heavy atom. The molecule has 3 atom stereocenters. The van der Waals surface area contributed by atoms with Crippen molar-refractivity contribution in [2.24, 2.45) is 11.8 Å². The van der Waals surface area contributed by atoms with Gasteiger partial charge in [0.05, 0.1) is 6.10 Å². The Morgan fingerprint density at radius 1 is 1.05 bits per heavy atom. The van der Waals surface area contributed by atoms with Gasteiger partial charge >= 0.3 is 0 Å². The van der Waals surface area contributed by atoms with Crippen LogP contribution in [0.2, 0.25) is 0 Å². The normalized spacial score (nSPS) is 32.9. The molecule has 21 heavy (non-hydrogen) atoms. The average molecular weight is 397 g/mol. The van der Waals surface area contributed by atoms with E-state index >= 15 is 0 Å². The zero-order valence-corrected chi connectivity index (χ0v) is 14.6. The molecule has 1 aromatic carbocycles. The predicted octanol–water partition coefficient (Wildman–Crippen LogP) is 5.13. The fourth-order valence-electron chi connectivity index (χ4n) is 4.64. The van der Waals surface area contributed by atoms with Crippen LogP contribution < -0.4 is 5.32 Å². The highest BCUT2D eigenvalue weighted by Gasteiger charge is 2.42. The molecule has 0 unspecified atom stereocenters. The first-order valence-electron chi connectivity index (χ1n) is 8.50. The van der Waals surface area contributed by atoms with Crippen LogP contribution in [0.15, 0.2) is 18.2 Å². The lowest BCUT2D eigenvalue weighted by atomic mass is 9.71. The molecular formula is C18H24INO.